The number of benzene rings is 1. The standard InChI is InChI=1S/C11H6ClF3N4O3/c12-7-3-6(22-11(13,14)15)1-2-8(7)18-10-9(19(20)21)4-16-5-17-10/h1-5H,(H,16,17,18). The van der Waals surface area contributed by atoms with Crippen LogP contribution in [0.2, 0.25) is 5.02 Å². The topological polar surface area (TPSA) is 90.2 Å². The van der Waals surface area contributed by atoms with Gasteiger partial charge < -0.3 is 10.1 Å². The molecule has 116 valence electrons. The lowest BCUT2D eigenvalue weighted by Crippen LogP contribution is -2.17. The fourth-order valence-electron chi connectivity index (χ4n) is 1.47. The molecule has 0 saturated heterocycles. The monoisotopic (exact) mass is 334 g/mol. The molecule has 0 aliphatic carbocycles. The van der Waals surface area contributed by atoms with Gasteiger partial charge in [-0.05, 0) is 12.1 Å². The van der Waals surface area contributed by atoms with Crippen LogP contribution in [-0.4, -0.2) is 21.3 Å². The Balaban J connectivity index is 2.26. The average molecular weight is 335 g/mol. The van der Waals surface area contributed by atoms with E-state index in [2.05, 4.69) is 20.0 Å². The van der Waals surface area contributed by atoms with E-state index in [-0.39, 0.29) is 16.5 Å². The van der Waals surface area contributed by atoms with E-state index in [1.54, 1.807) is 0 Å². The van der Waals surface area contributed by atoms with E-state index in [0.29, 0.717) is 0 Å². The van der Waals surface area contributed by atoms with Crippen LogP contribution in [0.4, 0.5) is 30.4 Å². The Morgan fingerprint density at radius 2 is 2.09 bits per heavy atom. The summed E-state index contributed by atoms with van der Waals surface area (Å²) < 4.78 is 40.0. The highest BCUT2D eigenvalue weighted by Crippen LogP contribution is 2.33. The van der Waals surface area contributed by atoms with Gasteiger partial charge in [0.25, 0.3) is 0 Å². The van der Waals surface area contributed by atoms with Crippen LogP contribution in [0.5, 0.6) is 5.75 Å². The molecule has 0 spiro atoms. The van der Waals surface area contributed by atoms with Crippen LogP contribution in [0.15, 0.2) is 30.7 Å². The molecule has 2 aromatic rings. The molecule has 0 radical (unpaired) electrons. The highest BCUT2D eigenvalue weighted by atomic mass is 35.5. The molecule has 11 heteroatoms. The van der Waals surface area contributed by atoms with Crippen molar-refractivity contribution in [2.75, 3.05) is 5.32 Å². The minimum Gasteiger partial charge on any atom is -0.406 e. The maximum Gasteiger partial charge on any atom is 0.573 e. The number of aromatic nitrogens is 2. The lowest BCUT2D eigenvalue weighted by Gasteiger charge is -2.11. The molecule has 7 nitrogen and oxygen atoms in total. The van der Waals surface area contributed by atoms with Crippen LogP contribution in [0.3, 0.4) is 0 Å². The zero-order chi connectivity index (χ0) is 16.3. The minimum atomic E-state index is -4.84. The smallest absolute Gasteiger partial charge is 0.406 e. The summed E-state index contributed by atoms with van der Waals surface area (Å²) in [6.07, 6.45) is -2.79. The van der Waals surface area contributed by atoms with E-state index in [0.717, 1.165) is 24.7 Å². The largest absolute Gasteiger partial charge is 0.573 e. The summed E-state index contributed by atoms with van der Waals surface area (Å²) >= 11 is 5.82. The molecule has 22 heavy (non-hydrogen) atoms. The van der Waals surface area contributed by atoms with E-state index in [1.807, 2.05) is 0 Å². The molecular formula is C11H6ClF3N4O3. The summed E-state index contributed by atoms with van der Waals surface area (Å²) in [5, 5.41) is 13.2. The van der Waals surface area contributed by atoms with Crippen molar-refractivity contribution in [3.63, 3.8) is 0 Å². The second-order valence-corrected chi connectivity index (χ2v) is 4.24. The predicted molar refractivity (Wildman–Crippen MR) is 70.1 cm³/mol. The number of nitro groups is 1. The van der Waals surface area contributed by atoms with Gasteiger partial charge in [0.1, 0.15) is 18.3 Å². The van der Waals surface area contributed by atoms with Crippen LogP contribution in [0.1, 0.15) is 0 Å². The van der Waals surface area contributed by atoms with E-state index < -0.39 is 22.7 Å². The fraction of sp³-hybridized carbons (Fsp3) is 0.0909. The maximum absolute atomic E-state index is 12.1. The maximum atomic E-state index is 12.1. The number of hydrogen-bond acceptors (Lipinski definition) is 6. The first kappa shape index (κ1) is 15.8. The van der Waals surface area contributed by atoms with Crippen molar-refractivity contribution < 1.29 is 22.8 Å². The second kappa shape index (κ2) is 6.02. The highest BCUT2D eigenvalue weighted by molar-refractivity contribution is 6.33. The van der Waals surface area contributed by atoms with Gasteiger partial charge in [-0.3, -0.25) is 10.1 Å². The van der Waals surface area contributed by atoms with Crippen molar-refractivity contribution in [2.45, 2.75) is 6.36 Å². The van der Waals surface area contributed by atoms with Gasteiger partial charge in [0, 0.05) is 6.07 Å². The number of rotatable bonds is 4. The molecule has 2 rings (SSSR count). The van der Waals surface area contributed by atoms with Crippen LogP contribution < -0.4 is 10.1 Å². The molecular weight excluding hydrogens is 329 g/mol. The Morgan fingerprint density at radius 1 is 1.36 bits per heavy atom. The quantitative estimate of drug-likeness (QED) is 0.677. The Morgan fingerprint density at radius 3 is 2.68 bits per heavy atom. The van der Waals surface area contributed by atoms with Crippen molar-refractivity contribution in [3.05, 3.63) is 45.9 Å². The number of halogens is 4. The average Bonchev–Trinajstić information content (AvgIpc) is 2.40. The number of nitrogens with one attached hydrogen (secondary N) is 1. The normalized spacial score (nSPS) is 11.1. The Bertz CT molecular complexity index is 711. The number of hydrogen-bond donors (Lipinski definition) is 1. The Labute approximate surface area is 125 Å². The summed E-state index contributed by atoms with van der Waals surface area (Å²) in [5.41, 5.74) is -0.285. The van der Waals surface area contributed by atoms with Crippen molar-refractivity contribution in [3.8, 4) is 5.75 Å². The zero-order valence-electron chi connectivity index (χ0n) is 10.5. The van der Waals surface area contributed by atoms with Gasteiger partial charge in [-0.25, -0.2) is 9.97 Å². The lowest BCUT2D eigenvalue weighted by atomic mass is 10.3. The third-order valence-corrected chi connectivity index (χ3v) is 2.63. The first-order chi connectivity index (χ1) is 10.3. The molecule has 0 bridgehead atoms. The van der Waals surface area contributed by atoms with Gasteiger partial charge in [-0.15, -0.1) is 13.2 Å². The van der Waals surface area contributed by atoms with Crippen molar-refractivity contribution in [2.24, 2.45) is 0 Å². The van der Waals surface area contributed by atoms with Gasteiger partial charge in [0.05, 0.1) is 15.6 Å². The van der Waals surface area contributed by atoms with E-state index in [1.165, 1.54) is 6.07 Å². The van der Waals surface area contributed by atoms with Crippen molar-refractivity contribution >= 4 is 28.8 Å². The molecule has 0 amide bonds. The molecule has 0 aliphatic heterocycles. The predicted octanol–water partition coefficient (Wildman–Crippen LogP) is 3.68. The molecule has 0 saturated carbocycles. The van der Waals surface area contributed by atoms with Gasteiger partial charge in [0.2, 0.25) is 5.82 Å². The molecule has 1 aromatic heterocycles. The van der Waals surface area contributed by atoms with E-state index in [4.69, 9.17) is 11.6 Å². The summed E-state index contributed by atoms with van der Waals surface area (Å²) in [5.74, 6) is -0.661. The number of ether oxygens (including phenoxy) is 1. The third-order valence-electron chi connectivity index (χ3n) is 2.32. The van der Waals surface area contributed by atoms with Crippen LogP contribution in [0.25, 0.3) is 0 Å². The Kier molecular flexibility index (Phi) is 4.31. The molecule has 0 fully saturated rings. The van der Waals surface area contributed by atoms with Gasteiger partial charge in [0.15, 0.2) is 0 Å². The van der Waals surface area contributed by atoms with Crippen LogP contribution >= 0.6 is 11.6 Å². The van der Waals surface area contributed by atoms with E-state index >= 15 is 0 Å². The molecule has 0 unspecified atom stereocenters. The number of anilines is 2. The number of alkyl halides is 3. The minimum absolute atomic E-state index is 0.123. The van der Waals surface area contributed by atoms with Gasteiger partial charge >= 0.3 is 12.0 Å². The van der Waals surface area contributed by atoms with Gasteiger partial charge in [-0.1, -0.05) is 11.6 Å². The van der Waals surface area contributed by atoms with Gasteiger partial charge in [-0.2, -0.15) is 0 Å². The fourth-order valence-corrected chi connectivity index (χ4v) is 1.69. The molecule has 1 N–H and O–H groups in total. The summed E-state index contributed by atoms with van der Waals surface area (Å²) in [6, 6.07) is 3.11. The highest BCUT2D eigenvalue weighted by Gasteiger charge is 2.31. The third kappa shape index (κ3) is 3.95. The molecule has 1 aromatic carbocycles. The first-order valence-electron chi connectivity index (χ1n) is 5.53. The van der Waals surface area contributed by atoms with Crippen molar-refractivity contribution in [1.82, 2.24) is 9.97 Å². The summed E-state index contributed by atoms with van der Waals surface area (Å²) in [7, 11) is 0. The number of nitrogens with zero attached hydrogens (tertiary/aromatic N) is 3. The molecule has 0 atom stereocenters. The van der Waals surface area contributed by atoms with E-state index in [9.17, 15) is 23.3 Å². The second-order valence-electron chi connectivity index (χ2n) is 3.83. The molecule has 0 aliphatic rings. The Hall–Kier alpha value is -2.62. The molecule has 1 heterocycles. The first-order valence-corrected chi connectivity index (χ1v) is 5.91. The lowest BCUT2D eigenvalue weighted by molar-refractivity contribution is -0.384. The summed E-state index contributed by atoms with van der Waals surface area (Å²) in [6.45, 7) is 0. The zero-order valence-corrected chi connectivity index (χ0v) is 11.2. The van der Waals surface area contributed by atoms with Crippen LogP contribution in [-0.2, 0) is 0 Å². The van der Waals surface area contributed by atoms with Crippen LogP contribution in [0, 0.1) is 10.1 Å². The SMILES string of the molecule is O=[N+]([O-])c1cncnc1Nc1ccc(OC(F)(F)F)cc1Cl. The summed E-state index contributed by atoms with van der Waals surface area (Å²) in [4.78, 5) is 17.3. The van der Waals surface area contributed by atoms with Crippen molar-refractivity contribution in [1.29, 1.82) is 0 Å².